The second kappa shape index (κ2) is 9.85. The predicted molar refractivity (Wildman–Crippen MR) is 94.3 cm³/mol. The average molecular weight is 349 g/mol. The van der Waals surface area contributed by atoms with E-state index in [9.17, 15) is 4.79 Å². The van der Waals surface area contributed by atoms with Gasteiger partial charge in [-0.15, -0.1) is 0 Å². The fourth-order valence-electron chi connectivity index (χ4n) is 1.48. The van der Waals surface area contributed by atoms with Crippen LogP contribution in [0.2, 0.25) is 5.15 Å². The van der Waals surface area contributed by atoms with E-state index >= 15 is 0 Å². The van der Waals surface area contributed by atoms with Gasteiger partial charge in [-0.05, 0) is 19.2 Å². The number of allylic oxidation sites excluding steroid dienone is 1. The highest BCUT2D eigenvalue weighted by Gasteiger charge is 2.16. The van der Waals surface area contributed by atoms with Crippen LogP contribution in [0.25, 0.3) is 0 Å². The van der Waals surface area contributed by atoms with Gasteiger partial charge in [-0.1, -0.05) is 18.2 Å². The predicted octanol–water partition coefficient (Wildman–Crippen LogP) is 0.858. The van der Waals surface area contributed by atoms with Crippen LogP contribution in [0.3, 0.4) is 0 Å². The monoisotopic (exact) mass is 348 g/mol. The average Bonchev–Trinajstić information content (AvgIpc) is 2.54. The molecule has 0 saturated heterocycles. The number of aromatic nitrogens is 2. The van der Waals surface area contributed by atoms with Crippen LogP contribution in [0.1, 0.15) is 17.4 Å². The summed E-state index contributed by atoms with van der Waals surface area (Å²) in [6.07, 6.45) is 7.71. The molecule has 0 aliphatic rings. The number of halogens is 1. The van der Waals surface area contributed by atoms with E-state index in [1.807, 2.05) is 0 Å². The number of amidine groups is 1. The largest absolute Gasteiger partial charge is 0.405 e. The molecule has 1 atom stereocenters. The lowest BCUT2D eigenvalue weighted by Crippen LogP contribution is -2.44. The summed E-state index contributed by atoms with van der Waals surface area (Å²) in [5, 5.41) is 12.7. The van der Waals surface area contributed by atoms with Crippen molar-refractivity contribution in [3.63, 3.8) is 0 Å². The van der Waals surface area contributed by atoms with Crippen LogP contribution in [-0.4, -0.2) is 40.3 Å². The third-order valence-corrected chi connectivity index (χ3v) is 2.68. The molecule has 0 aliphatic carbocycles. The molecule has 1 amide bonds. The van der Waals surface area contributed by atoms with Crippen LogP contribution in [0.15, 0.2) is 47.1 Å². The first-order chi connectivity index (χ1) is 11.5. The van der Waals surface area contributed by atoms with Crippen LogP contribution < -0.4 is 16.4 Å². The molecule has 0 bridgehead atoms. The van der Waals surface area contributed by atoms with Crippen LogP contribution in [0.4, 0.5) is 0 Å². The van der Waals surface area contributed by atoms with Crippen molar-refractivity contribution in [2.45, 2.75) is 13.0 Å². The number of hydrogen-bond acceptors (Lipinski definition) is 6. The molecule has 1 rings (SSSR count). The lowest BCUT2D eigenvalue weighted by atomic mass is 10.2. The second-order valence-corrected chi connectivity index (χ2v) is 4.69. The van der Waals surface area contributed by atoms with E-state index in [1.165, 1.54) is 30.9 Å². The van der Waals surface area contributed by atoms with Gasteiger partial charge in [0.25, 0.3) is 5.91 Å². The molecule has 0 unspecified atom stereocenters. The van der Waals surface area contributed by atoms with Crippen LogP contribution >= 0.6 is 11.6 Å². The zero-order valence-electron chi connectivity index (χ0n) is 12.9. The topological polar surface area (TPSA) is 142 Å². The molecule has 0 aromatic carbocycles. The molecule has 1 aromatic rings. The number of nitrogens with one attached hydrogen (secondary N) is 3. The van der Waals surface area contributed by atoms with Crippen molar-refractivity contribution in [1.82, 2.24) is 20.6 Å². The summed E-state index contributed by atoms with van der Waals surface area (Å²) in [5.41, 5.74) is 5.25. The normalized spacial score (nSPS) is 13.0. The van der Waals surface area contributed by atoms with Gasteiger partial charge in [0, 0.05) is 6.21 Å². The maximum absolute atomic E-state index is 12.1. The quantitative estimate of drug-likeness (QED) is 0.427. The number of rotatable bonds is 7. The summed E-state index contributed by atoms with van der Waals surface area (Å²) in [7, 11) is 0. The van der Waals surface area contributed by atoms with Gasteiger partial charge >= 0.3 is 0 Å². The Morgan fingerprint density at radius 1 is 1.54 bits per heavy atom. The van der Waals surface area contributed by atoms with E-state index in [2.05, 4.69) is 37.2 Å². The van der Waals surface area contributed by atoms with Crippen molar-refractivity contribution in [3.05, 3.63) is 47.9 Å². The lowest BCUT2D eigenvalue weighted by molar-refractivity contribution is 0.0943. The minimum Gasteiger partial charge on any atom is -0.405 e. The fraction of sp³-hybridized carbons (Fsp3) is 0.143. The molecule has 0 spiro atoms. The maximum atomic E-state index is 12.1. The third kappa shape index (κ3) is 6.36. The molecule has 9 nitrogen and oxygen atoms in total. The number of amides is 1. The first kappa shape index (κ1) is 19.0. The molecule has 24 heavy (non-hydrogen) atoms. The van der Waals surface area contributed by atoms with E-state index in [0.29, 0.717) is 0 Å². The van der Waals surface area contributed by atoms with Crippen LogP contribution in [0.5, 0.6) is 0 Å². The Balaban J connectivity index is 2.78. The van der Waals surface area contributed by atoms with Crippen LogP contribution in [0, 0.1) is 5.41 Å². The molecule has 0 radical (unpaired) electrons. The number of carbonyl (C=O) groups excluding carboxylic acids is 1. The van der Waals surface area contributed by atoms with Gasteiger partial charge in [-0.25, -0.2) is 15.0 Å². The maximum Gasteiger partial charge on any atom is 0.272 e. The summed E-state index contributed by atoms with van der Waals surface area (Å²) in [4.78, 5) is 27.6. The van der Waals surface area contributed by atoms with Crippen molar-refractivity contribution in [3.8, 4) is 0 Å². The Hall–Kier alpha value is -3.07. The molecule has 5 N–H and O–H groups in total. The molecule has 0 fully saturated rings. The Morgan fingerprint density at radius 2 is 2.29 bits per heavy atom. The van der Waals surface area contributed by atoms with E-state index in [0.717, 1.165) is 6.34 Å². The number of nitrogens with two attached hydrogens (primary N) is 1. The molecule has 0 aliphatic heterocycles. The Kier molecular flexibility index (Phi) is 7.79. The zero-order valence-corrected chi connectivity index (χ0v) is 13.7. The van der Waals surface area contributed by atoms with Gasteiger partial charge < -0.3 is 16.4 Å². The molecule has 126 valence electrons. The zero-order chi connectivity index (χ0) is 17.9. The fourth-order valence-corrected chi connectivity index (χ4v) is 1.62. The van der Waals surface area contributed by atoms with E-state index in [1.54, 1.807) is 6.92 Å². The number of hydrogen-bond donors (Lipinski definition) is 4. The first-order valence-corrected chi connectivity index (χ1v) is 7.07. The number of carbonyl (C=O) groups is 1. The van der Waals surface area contributed by atoms with Gasteiger partial charge in [0.2, 0.25) is 0 Å². The lowest BCUT2D eigenvalue weighted by Gasteiger charge is -2.17. The van der Waals surface area contributed by atoms with Crippen molar-refractivity contribution >= 4 is 35.9 Å². The molecular weight excluding hydrogens is 332 g/mol. The Labute approximate surface area is 144 Å². The smallest absolute Gasteiger partial charge is 0.272 e. The van der Waals surface area contributed by atoms with Crippen molar-refractivity contribution < 1.29 is 4.79 Å². The van der Waals surface area contributed by atoms with Crippen molar-refractivity contribution in [2.24, 2.45) is 15.7 Å². The summed E-state index contributed by atoms with van der Waals surface area (Å²) >= 11 is 5.71. The van der Waals surface area contributed by atoms with Gasteiger partial charge in [-0.3, -0.25) is 15.2 Å². The second-order valence-electron chi connectivity index (χ2n) is 4.30. The SMILES string of the molecule is C=C(/N=C\C=C/N)N/C(=N\C=N)[C@H](C)NC(=O)c1cncc(Cl)n1. The third-order valence-electron chi connectivity index (χ3n) is 2.50. The summed E-state index contributed by atoms with van der Waals surface area (Å²) < 4.78 is 0. The van der Waals surface area contributed by atoms with Gasteiger partial charge in [0.05, 0.1) is 18.4 Å². The number of aliphatic imine (C=N–C) groups is 2. The van der Waals surface area contributed by atoms with E-state index < -0.39 is 11.9 Å². The first-order valence-electron chi connectivity index (χ1n) is 6.69. The summed E-state index contributed by atoms with van der Waals surface area (Å²) in [6, 6.07) is -0.572. The molecule has 1 heterocycles. The highest BCUT2D eigenvalue weighted by atomic mass is 35.5. The molecule has 0 saturated carbocycles. The van der Waals surface area contributed by atoms with Crippen LogP contribution in [-0.2, 0) is 0 Å². The van der Waals surface area contributed by atoms with Gasteiger partial charge in [-0.2, -0.15) is 0 Å². The number of nitrogens with zero attached hydrogens (tertiary/aromatic N) is 4. The van der Waals surface area contributed by atoms with E-state index in [-0.39, 0.29) is 22.5 Å². The highest BCUT2D eigenvalue weighted by molar-refractivity contribution is 6.29. The van der Waals surface area contributed by atoms with E-state index in [4.69, 9.17) is 22.7 Å². The molecular formula is C14H17ClN8O. The molecule has 10 heteroatoms. The Bertz CT molecular complexity index is 698. The Morgan fingerprint density at radius 3 is 2.92 bits per heavy atom. The standard InChI is InChI=1S/C14H17ClN8O/c1-9(21-14(24)11-6-18-7-12(15)23-11)13(20-8-17)22-10(2)19-5-3-4-16/h3-9H,2,16H2,1H3,(H,21,24)(H2,17,20,22)/b4-3-,19-5-/t9-/m0/s1. The minimum absolute atomic E-state index is 0.0634. The summed E-state index contributed by atoms with van der Waals surface area (Å²) in [6.45, 7) is 5.36. The van der Waals surface area contributed by atoms with Crippen molar-refractivity contribution in [2.75, 3.05) is 0 Å². The van der Waals surface area contributed by atoms with Gasteiger partial charge in [0.1, 0.15) is 28.8 Å². The minimum atomic E-state index is -0.572. The van der Waals surface area contributed by atoms with Gasteiger partial charge in [0.15, 0.2) is 0 Å². The highest BCUT2D eigenvalue weighted by Crippen LogP contribution is 2.03. The summed E-state index contributed by atoms with van der Waals surface area (Å²) in [5.74, 6) is 0.0433. The molecule has 1 aromatic heterocycles. The van der Waals surface area contributed by atoms with Crippen molar-refractivity contribution in [1.29, 1.82) is 5.41 Å².